The normalized spacial score (nSPS) is 12.8. The summed E-state index contributed by atoms with van der Waals surface area (Å²) in [5.74, 6) is 0.173. The maximum atomic E-state index is 12.2. The summed E-state index contributed by atoms with van der Waals surface area (Å²) in [5.41, 5.74) is 4.34. The van der Waals surface area contributed by atoms with E-state index in [1.165, 1.54) is 28.0 Å². The fraction of sp³-hybridized carbons (Fsp3) is 0.286. The van der Waals surface area contributed by atoms with Gasteiger partial charge in [-0.1, -0.05) is 12.1 Å². The van der Waals surface area contributed by atoms with Crippen molar-refractivity contribution in [3.63, 3.8) is 0 Å². The van der Waals surface area contributed by atoms with Crippen LogP contribution in [0.1, 0.15) is 28.8 Å². The first kappa shape index (κ1) is 17.3. The lowest BCUT2D eigenvalue weighted by Crippen LogP contribution is -2.18. The summed E-state index contributed by atoms with van der Waals surface area (Å²) < 4.78 is 12.2. The number of aryl methyl sites for hydroxylation is 3. The molecule has 0 fully saturated rings. The molecule has 0 unspecified atom stereocenters. The zero-order chi connectivity index (χ0) is 18.8. The fourth-order valence-electron chi connectivity index (χ4n) is 3.31. The Morgan fingerprint density at radius 2 is 2.00 bits per heavy atom. The molecule has 1 aliphatic rings. The first-order chi connectivity index (χ1) is 13.1. The molecule has 138 valence electrons. The monoisotopic (exact) mass is 364 g/mol. The second-order valence-electron chi connectivity index (χ2n) is 6.75. The summed E-state index contributed by atoms with van der Waals surface area (Å²) in [6, 6.07) is 10.9. The SMILES string of the molecule is Cc1ccc2nc(COC(=O)COc3ccc4c(c3)CCC4)cc(=O)n2c1. The van der Waals surface area contributed by atoms with Crippen molar-refractivity contribution in [2.24, 2.45) is 0 Å². The molecule has 0 saturated carbocycles. The number of carbonyl (C=O) groups excluding carboxylic acids is 1. The lowest BCUT2D eigenvalue weighted by Gasteiger charge is -2.09. The number of fused-ring (bicyclic) bond motifs is 2. The van der Waals surface area contributed by atoms with Crippen molar-refractivity contribution in [3.05, 3.63) is 75.3 Å². The van der Waals surface area contributed by atoms with Crippen molar-refractivity contribution in [3.8, 4) is 5.75 Å². The highest BCUT2D eigenvalue weighted by molar-refractivity contribution is 5.71. The second kappa shape index (κ2) is 7.23. The molecular formula is C21H20N2O4. The van der Waals surface area contributed by atoms with Gasteiger partial charge in [0.15, 0.2) is 6.61 Å². The van der Waals surface area contributed by atoms with E-state index in [-0.39, 0.29) is 18.8 Å². The van der Waals surface area contributed by atoms with E-state index < -0.39 is 5.97 Å². The second-order valence-corrected chi connectivity index (χ2v) is 6.75. The zero-order valence-corrected chi connectivity index (χ0v) is 15.1. The third-order valence-corrected chi connectivity index (χ3v) is 4.67. The van der Waals surface area contributed by atoms with Crippen molar-refractivity contribution in [1.29, 1.82) is 0 Å². The van der Waals surface area contributed by atoms with Crippen LogP contribution in [0.4, 0.5) is 0 Å². The average molecular weight is 364 g/mol. The molecule has 6 nitrogen and oxygen atoms in total. The number of hydrogen-bond acceptors (Lipinski definition) is 5. The van der Waals surface area contributed by atoms with Gasteiger partial charge >= 0.3 is 5.97 Å². The number of ether oxygens (including phenoxy) is 2. The molecule has 3 aromatic rings. The first-order valence-corrected chi connectivity index (χ1v) is 8.98. The predicted molar refractivity (Wildman–Crippen MR) is 100.0 cm³/mol. The van der Waals surface area contributed by atoms with E-state index in [2.05, 4.69) is 11.1 Å². The summed E-state index contributed by atoms with van der Waals surface area (Å²) in [7, 11) is 0. The highest BCUT2D eigenvalue weighted by Gasteiger charge is 2.12. The molecule has 1 aromatic carbocycles. The Morgan fingerprint density at radius 1 is 1.15 bits per heavy atom. The highest BCUT2D eigenvalue weighted by Crippen LogP contribution is 2.25. The molecule has 0 bridgehead atoms. The predicted octanol–water partition coefficient (Wildman–Crippen LogP) is 2.61. The molecule has 0 amide bonds. The van der Waals surface area contributed by atoms with Crippen molar-refractivity contribution >= 4 is 11.6 Å². The molecule has 0 N–H and O–H groups in total. The molecule has 0 aliphatic heterocycles. The van der Waals surface area contributed by atoms with Crippen LogP contribution in [0.2, 0.25) is 0 Å². The van der Waals surface area contributed by atoms with E-state index in [1.54, 1.807) is 12.3 Å². The lowest BCUT2D eigenvalue weighted by molar-refractivity contribution is -0.147. The Morgan fingerprint density at radius 3 is 2.89 bits per heavy atom. The van der Waals surface area contributed by atoms with Crippen molar-refractivity contribution < 1.29 is 14.3 Å². The van der Waals surface area contributed by atoms with Crippen LogP contribution < -0.4 is 10.3 Å². The number of rotatable bonds is 5. The third kappa shape index (κ3) is 3.84. The van der Waals surface area contributed by atoms with Gasteiger partial charge < -0.3 is 9.47 Å². The minimum Gasteiger partial charge on any atom is -0.482 e. The van der Waals surface area contributed by atoms with Crippen LogP contribution in [0.25, 0.3) is 5.65 Å². The molecule has 2 heterocycles. The Balaban J connectivity index is 1.36. The van der Waals surface area contributed by atoms with Crippen molar-refractivity contribution in [2.75, 3.05) is 6.61 Å². The Hall–Kier alpha value is -3.15. The van der Waals surface area contributed by atoms with Crippen LogP contribution in [0.5, 0.6) is 5.75 Å². The van der Waals surface area contributed by atoms with Crippen LogP contribution in [0.15, 0.2) is 47.4 Å². The summed E-state index contributed by atoms with van der Waals surface area (Å²) in [6.45, 7) is 1.67. The number of nitrogens with zero attached hydrogens (tertiary/aromatic N) is 2. The number of carbonyl (C=O) groups is 1. The zero-order valence-electron chi connectivity index (χ0n) is 15.1. The first-order valence-electron chi connectivity index (χ1n) is 8.98. The third-order valence-electron chi connectivity index (χ3n) is 4.67. The minimum absolute atomic E-state index is 0.0635. The molecule has 1 aliphatic carbocycles. The van der Waals surface area contributed by atoms with Crippen LogP contribution in [-0.4, -0.2) is 22.0 Å². The van der Waals surface area contributed by atoms with Gasteiger partial charge in [0.25, 0.3) is 5.56 Å². The fourth-order valence-corrected chi connectivity index (χ4v) is 3.31. The molecule has 0 atom stereocenters. The number of hydrogen-bond donors (Lipinski definition) is 0. The van der Waals surface area contributed by atoms with Gasteiger partial charge in [-0.15, -0.1) is 0 Å². The van der Waals surface area contributed by atoms with E-state index in [0.717, 1.165) is 18.4 Å². The van der Waals surface area contributed by atoms with E-state index in [9.17, 15) is 9.59 Å². The Labute approximate surface area is 156 Å². The molecule has 0 radical (unpaired) electrons. The van der Waals surface area contributed by atoms with Gasteiger partial charge in [0.1, 0.15) is 18.0 Å². The Kier molecular flexibility index (Phi) is 4.62. The average Bonchev–Trinajstić information content (AvgIpc) is 3.13. The maximum Gasteiger partial charge on any atom is 0.344 e. The number of esters is 1. The molecular weight excluding hydrogens is 344 g/mol. The molecule has 0 spiro atoms. The topological polar surface area (TPSA) is 69.9 Å². The van der Waals surface area contributed by atoms with Gasteiger partial charge in [0.2, 0.25) is 0 Å². The quantitative estimate of drug-likeness (QED) is 0.651. The highest BCUT2D eigenvalue weighted by atomic mass is 16.6. The van der Waals surface area contributed by atoms with E-state index in [1.807, 2.05) is 25.1 Å². The van der Waals surface area contributed by atoms with Gasteiger partial charge in [0, 0.05) is 12.3 Å². The number of aromatic nitrogens is 2. The van der Waals surface area contributed by atoms with E-state index in [0.29, 0.717) is 17.1 Å². The Bertz CT molecular complexity index is 1070. The van der Waals surface area contributed by atoms with Crippen molar-refractivity contribution in [2.45, 2.75) is 32.8 Å². The maximum absolute atomic E-state index is 12.2. The summed E-state index contributed by atoms with van der Waals surface area (Å²) in [5, 5.41) is 0. The summed E-state index contributed by atoms with van der Waals surface area (Å²) >= 11 is 0. The molecule has 27 heavy (non-hydrogen) atoms. The molecule has 6 heteroatoms. The summed E-state index contributed by atoms with van der Waals surface area (Å²) in [4.78, 5) is 28.5. The van der Waals surface area contributed by atoms with Gasteiger partial charge in [-0.05, 0) is 61.1 Å². The van der Waals surface area contributed by atoms with Gasteiger partial charge in [-0.25, -0.2) is 9.78 Å². The largest absolute Gasteiger partial charge is 0.482 e. The van der Waals surface area contributed by atoms with Crippen LogP contribution >= 0.6 is 0 Å². The number of pyridine rings is 1. The van der Waals surface area contributed by atoms with Gasteiger partial charge in [-0.3, -0.25) is 9.20 Å². The summed E-state index contributed by atoms with van der Waals surface area (Å²) in [6.07, 6.45) is 5.06. The van der Waals surface area contributed by atoms with Crippen LogP contribution in [0, 0.1) is 6.92 Å². The van der Waals surface area contributed by atoms with E-state index in [4.69, 9.17) is 9.47 Å². The van der Waals surface area contributed by atoms with Crippen molar-refractivity contribution in [1.82, 2.24) is 9.38 Å². The van der Waals surface area contributed by atoms with Crippen LogP contribution in [0.3, 0.4) is 0 Å². The van der Waals surface area contributed by atoms with E-state index >= 15 is 0 Å². The lowest BCUT2D eigenvalue weighted by atomic mass is 10.1. The van der Waals surface area contributed by atoms with Gasteiger partial charge in [-0.2, -0.15) is 0 Å². The minimum atomic E-state index is -0.499. The smallest absolute Gasteiger partial charge is 0.344 e. The molecule has 2 aromatic heterocycles. The van der Waals surface area contributed by atoms with Gasteiger partial charge in [0.05, 0.1) is 5.69 Å². The standard InChI is InChI=1S/C21H20N2O4/c1-14-5-8-19-22-17(10-20(24)23(19)11-14)12-27-21(25)13-26-18-7-6-15-3-2-4-16(15)9-18/h5-11H,2-4,12-13H2,1H3. The number of benzene rings is 1. The molecule has 0 saturated heterocycles. The van der Waals surface area contributed by atoms with Crippen LogP contribution in [-0.2, 0) is 29.0 Å². The molecule has 4 rings (SSSR count).